The van der Waals surface area contributed by atoms with Crippen LogP contribution in [0.15, 0.2) is 41.9 Å². The van der Waals surface area contributed by atoms with Crippen molar-refractivity contribution < 1.29 is 33.4 Å². The molecule has 1 aromatic carbocycles. The maximum absolute atomic E-state index is 14.7. The van der Waals surface area contributed by atoms with Crippen molar-refractivity contribution in [3.8, 4) is 34.4 Å². The SMILES string of the molecule is CCn1c(-c2cccnc2[C@H](C)OC)c2c3cc(ccc31)-c1csc(n1)C[C@H](NC(=O)[C@@H](COC1CN(C(=O)C#CC(C)(C)N(C)C)C1)C(C)C)C(=O)N1CCC[C@@]([SiH3])(N1)C(=O)OCC(C)(C)C2. The lowest BCUT2D eigenvalue weighted by Crippen LogP contribution is -2.67. The monoisotopic (exact) mass is 966 g/mol. The molecule has 3 aliphatic heterocycles. The van der Waals surface area contributed by atoms with Gasteiger partial charge >= 0.3 is 5.97 Å². The van der Waals surface area contributed by atoms with E-state index in [0.717, 1.165) is 44.7 Å². The molecule has 17 heteroatoms. The molecule has 7 rings (SSSR count). The molecule has 0 aliphatic carbocycles. The van der Waals surface area contributed by atoms with Gasteiger partial charge in [0.2, 0.25) is 5.91 Å². The average Bonchev–Trinajstić information content (AvgIpc) is 3.88. The molecule has 3 aromatic heterocycles. The number of hydrogen-bond acceptors (Lipinski definition) is 12. The number of esters is 1. The standard InChI is InChI=1S/C51H70N8O7SSi/c1-12-58-41-17-16-33-23-36(41)37(45(58)35-15-13-21-52-44(35)32(4)64-11)25-49(5,6)30-66-48(63)51(68)19-14-22-59(55-51)47(62)39(24-42-53-40(33)29-67-42)54-46(61)38(31(2)3)28-65-34-26-57(27-34)43(60)18-20-50(7,8)56(9)10/h13,15-17,21,23,29,31-32,34,38-39,55H,12,14,19,22,24-28,30H2,1-11,68H3,(H,54,61)/t32-,38-,39-,51-/m0/s1. The van der Waals surface area contributed by atoms with E-state index in [0.29, 0.717) is 60.7 Å². The number of amides is 3. The summed E-state index contributed by atoms with van der Waals surface area (Å²) in [6.07, 6.45) is 3.16. The van der Waals surface area contributed by atoms with Crippen LogP contribution >= 0.6 is 11.3 Å². The van der Waals surface area contributed by atoms with E-state index in [1.165, 1.54) is 16.3 Å². The van der Waals surface area contributed by atoms with Crippen molar-refractivity contribution in [2.75, 3.05) is 54.1 Å². The zero-order valence-electron chi connectivity index (χ0n) is 41.9. The largest absolute Gasteiger partial charge is 0.464 e. The molecular weight excluding hydrogens is 897 g/mol. The summed E-state index contributed by atoms with van der Waals surface area (Å²) >= 11 is 1.45. The van der Waals surface area contributed by atoms with Gasteiger partial charge < -0.3 is 29.0 Å². The number of likely N-dealkylation sites (tertiary alicyclic amines) is 1. The first-order valence-electron chi connectivity index (χ1n) is 23.9. The number of hydrazine groups is 1. The minimum Gasteiger partial charge on any atom is -0.464 e. The van der Waals surface area contributed by atoms with Gasteiger partial charge in [0, 0.05) is 89.0 Å². The molecule has 4 atom stereocenters. The molecule has 0 saturated carbocycles. The topological polar surface area (TPSA) is 160 Å². The van der Waals surface area contributed by atoms with Gasteiger partial charge in [-0.3, -0.25) is 34.1 Å². The number of nitrogens with one attached hydrogen (secondary N) is 2. The Morgan fingerprint density at radius 3 is 2.60 bits per heavy atom. The number of thiazole rings is 1. The van der Waals surface area contributed by atoms with E-state index in [4.69, 9.17) is 24.2 Å². The Bertz CT molecular complexity index is 2590. The number of carbonyl (C=O) groups excluding carboxylic acids is 4. The minimum absolute atomic E-state index is 0.116. The molecule has 3 amide bonds. The quantitative estimate of drug-likeness (QED) is 0.122. The van der Waals surface area contributed by atoms with Gasteiger partial charge in [0.25, 0.3) is 11.8 Å². The van der Waals surface area contributed by atoms with E-state index < -0.39 is 28.1 Å². The molecule has 366 valence electrons. The molecule has 2 fully saturated rings. The molecule has 3 aliphatic rings. The van der Waals surface area contributed by atoms with Crippen molar-refractivity contribution in [2.45, 2.75) is 117 Å². The highest BCUT2D eigenvalue weighted by atomic mass is 32.1. The van der Waals surface area contributed by atoms with Crippen LogP contribution in [0.3, 0.4) is 0 Å². The summed E-state index contributed by atoms with van der Waals surface area (Å²) in [5, 5.41) is 7.31. The van der Waals surface area contributed by atoms with E-state index in [1.54, 1.807) is 18.2 Å². The highest BCUT2D eigenvalue weighted by Gasteiger charge is 2.43. The minimum atomic E-state index is -1.06. The van der Waals surface area contributed by atoms with Gasteiger partial charge in [-0.25, -0.2) is 10.4 Å². The van der Waals surface area contributed by atoms with Crippen LogP contribution < -0.4 is 10.7 Å². The maximum Gasteiger partial charge on any atom is 0.323 e. The lowest BCUT2D eigenvalue weighted by molar-refractivity contribution is -0.158. The molecule has 6 heterocycles. The fourth-order valence-electron chi connectivity index (χ4n) is 9.01. The Morgan fingerprint density at radius 2 is 1.91 bits per heavy atom. The third kappa shape index (κ3) is 10.9. The summed E-state index contributed by atoms with van der Waals surface area (Å²) in [6.45, 7) is 18.3. The Labute approximate surface area is 408 Å². The number of benzene rings is 1. The number of carbonyl (C=O) groups is 4. The first-order chi connectivity index (χ1) is 32.1. The fraction of sp³-hybridized carbons (Fsp3) is 0.569. The Hall–Kier alpha value is -4.96. The summed E-state index contributed by atoms with van der Waals surface area (Å²) < 4.78 is 20.6. The van der Waals surface area contributed by atoms with Crippen LogP contribution in [-0.4, -0.2) is 140 Å². The van der Waals surface area contributed by atoms with Crippen molar-refractivity contribution in [3.63, 3.8) is 0 Å². The van der Waals surface area contributed by atoms with E-state index in [-0.39, 0.29) is 61.5 Å². The van der Waals surface area contributed by atoms with Gasteiger partial charge in [-0.05, 0) is 103 Å². The van der Waals surface area contributed by atoms with Gasteiger partial charge in [-0.1, -0.05) is 39.7 Å². The van der Waals surface area contributed by atoms with Crippen molar-refractivity contribution in [1.29, 1.82) is 0 Å². The predicted octanol–water partition coefficient (Wildman–Crippen LogP) is 4.74. The number of rotatable bonds is 11. The molecular formula is C51H70N8O7SSi. The van der Waals surface area contributed by atoms with E-state index in [2.05, 4.69) is 72.2 Å². The number of nitrogens with zero attached hydrogens (tertiary/aromatic N) is 6. The molecule has 68 heavy (non-hydrogen) atoms. The summed E-state index contributed by atoms with van der Waals surface area (Å²) in [5.74, 6) is 3.81. The summed E-state index contributed by atoms with van der Waals surface area (Å²) in [6, 6.07) is 9.51. The lowest BCUT2D eigenvalue weighted by atomic mass is 9.84. The smallest absolute Gasteiger partial charge is 0.323 e. The first-order valence-corrected chi connectivity index (χ1v) is 25.8. The zero-order chi connectivity index (χ0) is 49.3. The molecule has 6 bridgehead atoms. The predicted molar refractivity (Wildman–Crippen MR) is 268 cm³/mol. The van der Waals surface area contributed by atoms with E-state index >= 15 is 0 Å². The van der Waals surface area contributed by atoms with Gasteiger partial charge in [-0.15, -0.1) is 11.3 Å². The zero-order valence-corrected chi connectivity index (χ0v) is 44.8. The number of cyclic esters (lactones) is 1. The van der Waals surface area contributed by atoms with Gasteiger partial charge in [0.1, 0.15) is 11.2 Å². The number of pyridine rings is 1. The number of methoxy groups -OCH3 is 1. The Morgan fingerprint density at radius 1 is 1.16 bits per heavy atom. The highest BCUT2D eigenvalue weighted by Crippen LogP contribution is 2.42. The number of aryl methyl sites for hydroxylation is 1. The molecule has 0 spiro atoms. The molecule has 15 nitrogen and oxygen atoms in total. The van der Waals surface area contributed by atoms with Crippen molar-refractivity contribution in [1.82, 2.24) is 40.1 Å². The Balaban J connectivity index is 1.20. The average molecular weight is 967 g/mol. The van der Waals surface area contributed by atoms with Crippen LogP contribution in [0.1, 0.15) is 90.6 Å². The summed E-state index contributed by atoms with van der Waals surface area (Å²) in [7, 11) is 5.91. The third-order valence-corrected chi connectivity index (χ3v) is 15.9. The summed E-state index contributed by atoms with van der Waals surface area (Å²) in [4.78, 5) is 69.6. The van der Waals surface area contributed by atoms with Crippen LogP contribution in [0.5, 0.6) is 0 Å². The van der Waals surface area contributed by atoms with Gasteiger partial charge in [-0.2, -0.15) is 0 Å². The van der Waals surface area contributed by atoms with Crippen LogP contribution in [0.4, 0.5) is 0 Å². The summed E-state index contributed by atoms with van der Waals surface area (Å²) in [5.41, 5.74) is 9.13. The second-order valence-corrected chi connectivity index (χ2v) is 23.3. The number of aromatic nitrogens is 3. The van der Waals surface area contributed by atoms with Crippen molar-refractivity contribution >= 4 is 56.2 Å². The van der Waals surface area contributed by atoms with Crippen LogP contribution in [0, 0.1) is 29.1 Å². The Kier molecular flexibility index (Phi) is 15.4. The van der Waals surface area contributed by atoms with Crippen LogP contribution in [0.2, 0.25) is 0 Å². The molecule has 0 unspecified atom stereocenters. The fourth-order valence-corrected chi connectivity index (χ4v) is 10.6. The van der Waals surface area contributed by atoms with Gasteiger partial charge in [0.15, 0.2) is 0 Å². The molecule has 0 radical (unpaired) electrons. The normalized spacial score (nSPS) is 21.2. The molecule has 2 saturated heterocycles. The second kappa shape index (κ2) is 20.6. The lowest BCUT2D eigenvalue weighted by Gasteiger charge is -2.41. The van der Waals surface area contributed by atoms with Crippen molar-refractivity contribution in [3.05, 3.63) is 58.2 Å². The number of fused-ring (bicyclic) bond motifs is 6. The number of hydrogen-bond donors (Lipinski definition) is 2. The second-order valence-electron chi connectivity index (χ2n) is 20.7. The van der Waals surface area contributed by atoms with E-state index in [9.17, 15) is 19.2 Å². The number of ether oxygens (including phenoxy) is 3. The first kappa shape index (κ1) is 50.9. The van der Waals surface area contributed by atoms with E-state index in [1.807, 2.05) is 65.1 Å². The molecule has 2 N–H and O–H groups in total. The highest BCUT2D eigenvalue weighted by molar-refractivity contribution is 7.10. The maximum atomic E-state index is 14.7. The van der Waals surface area contributed by atoms with Crippen LogP contribution in [0.25, 0.3) is 33.4 Å². The van der Waals surface area contributed by atoms with Crippen LogP contribution in [-0.2, 0) is 52.8 Å². The third-order valence-electron chi connectivity index (χ3n) is 13.9. The van der Waals surface area contributed by atoms with Crippen molar-refractivity contribution in [2.24, 2.45) is 17.3 Å². The van der Waals surface area contributed by atoms with Gasteiger partial charge in [0.05, 0.1) is 59.0 Å². The molecule has 4 aromatic rings.